The topological polar surface area (TPSA) is 43.8 Å². The molecule has 0 unspecified atom stereocenters. The SMILES string of the molecule is Cc1ccc(C(N)=S)c(-n2nc(C)c(Br)c2C)c1. The first-order valence-electron chi connectivity index (χ1n) is 5.54. The van der Waals surface area contributed by atoms with Crippen LogP contribution in [-0.4, -0.2) is 14.8 Å². The van der Waals surface area contributed by atoms with Crippen molar-refractivity contribution in [2.75, 3.05) is 0 Å². The molecule has 2 rings (SSSR count). The molecule has 1 aromatic heterocycles. The van der Waals surface area contributed by atoms with E-state index in [1.165, 1.54) is 0 Å². The second-order valence-electron chi connectivity index (χ2n) is 4.28. The van der Waals surface area contributed by atoms with Crippen LogP contribution in [0.25, 0.3) is 5.69 Å². The number of rotatable bonds is 2. The van der Waals surface area contributed by atoms with Crippen LogP contribution in [-0.2, 0) is 0 Å². The number of nitrogens with zero attached hydrogens (tertiary/aromatic N) is 2. The molecule has 1 aromatic carbocycles. The molecule has 3 nitrogen and oxygen atoms in total. The Labute approximate surface area is 120 Å². The lowest BCUT2D eigenvalue weighted by Crippen LogP contribution is -2.14. The van der Waals surface area contributed by atoms with Gasteiger partial charge in [-0.15, -0.1) is 0 Å². The number of hydrogen-bond acceptors (Lipinski definition) is 2. The van der Waals surface area contributed by atoms with Gasteiger partial charge in [-0.3, -0.25) is 0 Å². The van der Waals surface area contributed by atoms with Gasteiger partial charge in [0.05, 0.1) is 21.5 Å². The maximum Gasteiger partial charge on any atom is 0.106 e. The first-order chi connectivity index (χ1) is 8.41. The van der Waals surface area contributed by atoms with E-state index in [1.807, 2.05) is 43.7 Å². The summed E-state index contributed by atoms with van der Waals surface area (Å²) in [7, 11) is 0. The van der Waals surface area contributed by atoms with Crippen molar-refractivity contribution in [1.29, 1.82) is 0 Å². The first-order valence-corrected chi connectivity index (χ1v) is 6.74. The Morgan fingerprint density at radius 1 is 1.33 bits per heavy atom. The molecule has 2 N–H and O–H groups in total. The van der Waals surface area contributed by atoms with Gasteiger partial charge in [0.1, 0.15) is 4.99 Å². The minimum Gasteiger partial charge on any atom is -0.389 e. The minimum atomic E-state index is 0.383. The van der Waals surface area contributed by atoms with Gasteiger partial charge >= 0.3 is 0 Å². The summed E-state index contributed by atoms with van der Waals surface area (Å²) in [4.78, 5) is 0.383. The second kappa shape index (κ2) is 4.82. The third-order valence-corrected chi connectivity index (χ3v) is 4.22. The molecule has 0 bridgehead atoms. The van der Waals surface area contributed by atoms with Crippen LogP contribution in [0, 0.1) is 20.8 Å². The van der Waals surface area contributed by atoms with E-state index in [4.69, 9.17) is 18.0 Å². The zero-order chi connectivity index (χ0) is 13.4. The van der Waals surface area contributed by atoms with Crippen molar-refractivity contribution in [3.63, 3.8) is 0 Å². The summed E-state index contributed by atoms with van der Waals surface area (Å²) in [6, 6.07) is 5.98. The number of hydrogen-bond donors (Lipinski definition) is 1. The number of thiocarbonyl (C=S) groups is 1. The van der Waals surface area contributed by atoms with Gasteiger partial charge in [0, 0.05) is 5.56 Å². The molecule has 0 atom stereocenters. The molecule has 0 aliphatic rings. The summed E-state index contributed by atoms with van der Waals surface area (Å²) < 4.78 is 2.89. The van der Waals surface area contributed by atoms with Crippen molar-refractivity contribution in [3.8, 4) is 5.69 Å². The van der Waals surface area contributed by atoms with Crippen LogP contribution < -0.4 is 5.73 Å². The largest absolute Gasteiger partial charge is 0.389 e. The normalized spacial score (nSPS) is 10.7. The zero-order valence-corrected chi connectivity index (χ0v) is 12.9. The molecule has 0 fully saturated rings. The van der Waals surface area contributed by atoms with E-state index in [1.54, 1.807) is 0 Å². The van der Waals surface area contributed by atoms with Crippen molar-refractivity contribution < 1.29 is 0 Å². The average Bonchev–Trinajstić information content (AvgIpc) is 2.56. The molecule has 0 spiro atoms. The van der Waals surface area contributed by atoms with Crippen molar-refractivity contribution in [1.82, 2.24) is 9.78 Å². The Hall–Kier alpha value is -1.20. The van der Waals surface area contributed by atoms with Gasteiger partial charge in [0.15, 0.2) is 0 Å². The highest BCUT2D eigenvalue weighted by Crippen LogP contribution is 2.25. The molecule has 0 aliphatic heterocycles. The van der Waals surface area contributed by atoms with Crippen LogP contribution in [0.3, 0.4) is 0 Å². The van der Waals surface area contributed by atoms with E-state index in [0.29, 0.717) is 4.99 Å². The van der Waals surface area contributed by atoms with Gasteiger partial charge in [0.2, 0.25) is 0 Å². The lowest BCUT2D eigenvalue weighted by atomic mass is 10.1. The summed E-state index contributed by atoms with van der Waals surface area (Å²) in [5.74, 6) is 0. The van der Waals surface area contributed by atoms with E-state index in [0.717, 1.165) is 32.7 Å². The van der Waals surface area contributed by atoms with Crippen LogP contribution in [0.15, 0.2) is 22.7 Å². The maximum absolute atomic E-state index is 5.78. The number of aryl methyl sites for hydroxylation is 2. The Bertz CT molecular complexity index is 631. The molecule has 18 heavy (non-hydrogen) atoms. The minimum absolute atomic E-state index is 0.383. The van der Waals surface area contributed by atoms with Crippen molar-refractivity contribution in [3.05, 3.63) is 45.2 Å². The Morgan fingerprint density at radius 2 is 2.00 bits per heavy atom. The van der Waals surface area contributed by atoms with Gasteiger partial charge in [-0.25, -0.2) is 4.68 Å². The van der Waals surface area contributed by atoms with Gasteiger partial charge in [-0.1, -0.05) is 18.3 Å². The van der Waals surface area contributed by atoms with Crippen molar-refractivity contribution in [2.24, 2.45) is 5.73 Å². The summed E-state index contributed by atoms with van der Waals surface area (Å²) in [6.07, 6.45) is 0. The average molecular weight is 324 g/mol. The molecule has 0 saturated carbocycles. The fourth-order valence-electron chi connectivity index (χ4n) is 1.88. The highest BCUT2D eigenvalue weighted by Gasteiger charge is 2.14. The zero-order valence-electron chi connectivity index (χ0n) is 10.5. The molecule has 94 valence electrons. The Morgan fingerprint density at radius 3 is 2.50 bits per heavy atom. The fraction of sp³-hybridized carbons (Fsp3) is 0.231. The van der Waals surface area contributed by atoms with Gasteiger partial charge < -0.3 is 5.73 Å². The third-order valence-electron chi connectivity index (χ3n) is 2.85. The van der Waals surface area contributed by atoms with E-state index < -0.39 is 0 Å². The van der Waals surface area contributed by atoms with Gasteiger partial charge in [-0.05, 0) is 54.4 Å². The van der Waals surface area contributed by atoms with E-state index in [-0.39, 0.29) is 0 Å². The molecule has 5 heteroatoms. The Balaban J connectivity index is 2.73. The lowest BCUT2D eigenvalue weighted by molar-refractivity contribution is 0.831. The van der Waals surface area contributed by atoms with Crippen LogP contribution in [0.4, 0.5) is 0 Å². The predicted octanol–water partition coefficient (Wildman–Crippen LogP) is 3.19. The van der Waals surface area contributed by atoms with Crippen LogP contribution in [0.1, 0.15) is 22.5 Å². The smallest absolute Gasteiger partial charge is 0.106 e. The Kier molecular flexibility index (Phi) is 3.54. The first kappa shape index (κ1) is 13.2. The lowest BCUT2D eigenvalue weighted by Gasteiger charge is -2.11. The molecule has 0 saturated heterocycles. The van der Waals surface area contributed by atoms with Crippen molar-refractivity contribution >= 4 is 33.1 Å². The van der Waals surface area contributed by atoms with E-state index in [2.05, 4.69) is 21.0 Å². The molecule has 0 aliphatic carbocycles. The van der Waals surface area contributed by atoms with E-state index >= 15 is 0 Å². The summed E-state index contributed by atoms with van der Waals surface area (Å²) in [5.41, 5.74) is 10.7. The molecule has 0 radical (unpaired) electrons. The standard InChI is InChI=1S/C13H14BrN3S/c1-7-4-5-10(13(15)18)11(6-7)17-9(3)12(14)8(2)16-17/h4-6H,1-3H3,(H2,15,18). The third kappa shape index (κ3) is 2.20. The fourth-order valence-corrected chi connectivity index (χ4v) is 2.30. The maximum atomic E-state index is 5.78. The number of halogens is 1. The van der Waals surface area contributed by atoms with Gasteiger partial charge in [0.25, 0.3) is 0 Å². The second-order valence-corrected chi connectivity index (χ2v) is 5.51. The molecule has 1 heterocycles. The molecule has 0 amide bonds. The molecule has 2 aromatic rings. The van der Waals surface area contributed by atoms with E-state index in [9.17, 15) is 0 Å². The summed E-state index contributed by atoms with van der Waals surface area (Å²) in [5, 5.41) is 4.52. The quantitative estimate of drug-likeness (QED) is 0.863. The highest BCUT2D eigenvalue weighted by atomic mass is 79.9. The molecular formula is C13H14BrN3S. The van der Waals surface area contributed by atoms with Crippen LogP contribution in [0.5, 0.6) is 0 Å². The molecular weight excluding hydrogens is 310 g/mol. The highest BCUT2D eigenvalue weighted by molar-refractivity contribution is 9.10. The van der Waals surface area contributed by atoms with Gasteiger partial charge in [-0.2, -0.15) is 5.10 Å². The van der Waals surface area contributed by atoms with Crippen LogP contribution >= 0.6 is 28.1 Å². The number of benzene rings is 1. The monoisotopic (exact) mass is 323 g/mol. The number of nitrogens with two attached hydrogens (primary N) is 1. The predicted molar refractivity (Wildman–Crippen MR) is 81.4 cm³/mol. The number of aromatic nitrogens is 2. The van der Waals surface area contributed by atoms with Crippen LogP contribution in [0.2, 0.25) is 0 Å². The summed E-state index contributed by atoms with van der Waals surface area (Å²) >= 11 is 8.63. The summed E-state index contributed by atoms with van der Waals surface area (Å²) in [6.45, 7) is 6.01. The van der Waals surface area contributed by atoms with Crippen molar-refractivity contribution in [2.45, 2.75) is 20.8 Å².